The zero-order valence-electron chi connectivity index (χ0n) is 34.2. The van der Waals surface area contributed by atoms with Gasteiger partial charge in [0.2, 0.25) is 25.4 Å². The molecule has 1 amide bonds. The van der Waals surface area contributed by atoms with Gasteiger partial charge in [-0.3, -0.25) is 4.79 Å². The maximum absolute atomic E-state index is 10.7. The molecule has 0 aliphatic rings. The Balaban J connectivity index is 0. The molecule has 0 bridgehead atoms. The van der Waals surface area contributed by atoms with E-state index in [9.17, 15) is 80.3 Å². The summed E-state index contributed by atoms with van der Waals surface area (Å²) in [4.78, 5) is 10.5. The Morgan fingerprint density at radius 2 is 0.968 bits per heavy atom. The summed E-state index contributed by atoms with van der Waals surface area (Å²) < 4.78 is 192. The number of nitrogens with one attached hydrogen (secondary N) is 1. The van der Waals surface area contributed by atoms with Crippen LogP contribution in [0.5, 0.6) is 0 Å². The number of hydrogen-bond donors (Lipinski definition) is 1. The number of rotatable bonds is 22. The Morgan fingerprint density at radius 1 is 0.565 bits per heavy atom. The summed E-state index contributed by atoms with van der Waals surface area (Å²) in [6, 6.07) is 1.04. The molecule has 30 heteroatoms. The van der Waals surface area contributed by atoms with Gasteiger partial charge >= 0.3 is 99.0 Å². The molecule has 0 radical (unpaired) electrons. The van der Waals surface area contributed by atoms with E-state index in [1.54, 1.807) is 0 Å². The maximum atomic E-state index is 10.5. The molecule has 3 heterocycles. The van der Waals surface area contributed by atoms with E-state index in [0.29, 0.717) is 24.5 Å². The minimum atomic E-state index is -10.7. The quantitative estimate of drug-likeness (QED) is 0.0267. The van der Waals surface area contributed by atoms with Crippen LogP contribution in [0.3, 0.4) is 0 Å². The van der Waals surface area contributed by atoms with Crippen LogP contribution in [0.25, 0.3) is 0 Å². The van der Waals surface area contributed by atoms with Crippen molar-refractivity contribution in [1.82, 2.24) is 19.0 Å². The van der Waals surface area contributed by atoms with Crippen molar-refractivity contribution in [3.63, 3.8) is 0 Å². The molecule has 0 saturated carbocycles. The molecular formula is C32H56F18N7OP3Pd. The largest absolute Gasteiger partial charge is 0 e. The molecule has 0 aliphatic carbocycles. The molecular weight excluding hydrogens is 1040 g/mol. The Labute approximate surface area is 361 Å². The summed E-state index contributed by atoms with van der Waals surface area (Å²) in [6.45, 7) is 14.0. The van der Waals surface area contributed by atoms with Gasteiger partial charge in [0.25, 0.3) is 0 Å². The van der Waals surface area contributed by atoms with Crippen LogP contribution in [0.1, 0.15) is 104 Å². The van der Waals surface area contributed by atoms with Gasteiger partial charge in [-0.05, 0) is 44.9 Å². The summed E-state index contributed by atoms with van der Waals surface area (Å²) in [6.07, 6.45) is 32.8. The van der Waals surface area contributed by atoms with E-state index in [0.717, 1.165) is 51.9 Å². The van der Waals surface area contributed by atoms with Gasteiger partial charge in [0, 0.05) is 39.3 Å². The van der Waals surface area contributed by atoms with Crippen molar-refractivity contribution >= 4 is 29.8 Å². The first-order valence-electron chi connectivity index (χ1n) is 19.0. The predicted molar refractivity (Wildman–Crippen MR) is 199 cm³/mol. The molecule has 0 aromatic carbocycles. The molecule has 3 unspecified atom stereocenters. The summed E-state index contributed by atoms with van der Waals surface area (Å²) in [5, 5.41) is 2.76. The van der Waals surface area contributed by atoms with Gasteiger partial charge in [0.1, 0.15) is 49.3 Å². The Morgan fingerprint density at radius 3 is 1.35 bits per heavy atom. The maximum Gasteiger partial charge on any atom is 0 e. The van der Waals surface area contributed by atoms with Crippen molar-refractivity contribution in [1.29, 1.82) is 0 Å². The topological polar surface area (TPSA) is 55.5 Å². The molecule has 3 rings (SSSR count). The van der Waals surface area contributed by atoms with E-state index in [4.69, 9.17) is 0 Å². The van der Waals surface area contributed by atoms with Crippen molar-refractivity contribution < 1.29 is 114 Å². The molecule has 3 aromatic heterocycles. The third kappa shape index (κ3) is 45.8. The average Bonchev–Trinajstić information content (AvgIpc) is 3.81. The molecule has 0 fully saturated rings. The first kappa shape index (κ1) is 61.9. The van der Waals surface area contributed by atoms with Crippen LogP contribution >= 0.6 is 23.4 Å². The number of amides is 1. The van der Waals surface area contributed by atoms with Gasteiger partial charge in [-0.2, -0.15) is 0 Å². The van der Waals surface area contributed by atoms with Crippen molar-refractivity contribution in [3.05, 3.63) is 56.2 Å². The molecule has 62 heavy (non-hydrogen) atoms. The average molecular weight is 1100 g/mol. The summed E-state index contributed by atoms with van der Waals surface area (Å²) in [7, 11) is -32.0. The van der Waals surface area contributed by atoms with Crippen molar-refractivity contribution in [2.24, 2.45) is 5.92 Å². The molecule has 1 N–H and O–H groups in total. The first-order valence-corrected chi connectivity index (χ1v) is 25.1. The van der Waals surface area contributed by atoms with Crippen molar-refractivity contribution in [2.45, 2.75) is 130 Å². The van der Waals surface area contributed by atoms with E-state index in [1.165, 1.54) is 44.9 Å². The number of nitrogens with zero attached hydrogens (tertiary/aromatic N) is 6. The zero-order chi connectivity index (χ0) is 47.8. The molecule has 8 nitrogen and oxygen atoms in total. The first-order chi connectivity index (χ1) is 26.9. The number of aromatic nitrogens is 6. The summed E-state index contributed by atoms with van der Waals surface area (Å²) >= 11 is 0. The number of hydrogen-bond acceptors (Lipinski definition) is 1. The van der Waals surface area contributed by atoms with E-state index >= 15 is 0 Å². The van der Waals surface area contributed by atoms with Crippen LogP contribution in [0.15, 0.2) is 56.2 Å². The predicted octanol–water partition coefficient (Wildman–Crippen LogP) is 14.9. The normalized spacial score (nSPS) is 16.7. The number of carbonyl (C=O) groups excluding carboxylic acids is 1. The van der Waals surface area contributed by atoms with Crippen molar-refractivity contribution in [2.75, 3.05) is 6.54 Å². The van der Waals surface area contributed by atoms with Crippen LogP contribution in [0.2, 0.25) is 0 Å². The molecule has 3 atom stereocenters. The number of unbranched alkanes of at least 4 members (excludes halogenated alkanes) is 2. The van der Waals surface area contributed by atoms with E-state index in [-0.39, 0.29) is 20.4 Å². The van der Waals surface area contributed by atoms with Gasteiger partial charge < -0.3 is 5.32 Å². The minimum Gasteiger partial charge on any atom is 0 e. The molecule has 376 valence electrons. The zero-order valence-corrected chi connectivity index (χ0v) is 38.4. The number of imidazole rings is 3. The third-order valence-electron chi connectivity index (χ3n) is 8.30. The standard InChI is InChI=1S/C32H55N7O.3F6P.Pd/c1-5-9-15-35-20-22-38(28-35)31(7-3)13-12-30(25-37-19-18-34(27-37)17-11-14-33-26-40)24-32(8-4)39-23-21-36(29-39)16-10-6-2;3*1-7(2,3,4,5)6;/h18-23,26-32H,5-17,24-25H2,1-4H3;;;;/q+2;3*-1;/p+1. The number of carbonyl (C=O) groups is 1. The Hall–Kier alpha value is -2.21. The Kier molecular flexibility index (Phi) is 21.4. The van der Waals surface area contributed by atoms with Gasteiger partial charge in [-0.25, -0.2) is 27.4 Å². The fourth-order valence-electron chi connectivity index (χ4n) is 5.76. The third-order valence-corrected chi connectivity index (χ3v) is 8.30. The fourth-order valence-corrected chi connectivity index (χ4v) is 5.76. The second kappa shape index (κ2) is 21.4. The van der Waals surface area contributed by atoms with E-state index < -0.39 is 23.4 Å². The summed E-state index contributed by atoms with van der Waals surface area (Å²) in [5.74, 6) is 0.589. The van der Waals surface area contributed by atoms with Gasteiger partial charge in [0.15, 0.2) is 0 Å². The molecule has 0 spiro atoms. The van der Waals surface area contributed by atoms with Gasteiger partial charge in [0.05, 0.1) is 26.2 Å². The van der Waals surface area contributed by atoms with Crippen LogP contribution in [0, 0.1) is 5.92 Å². The second-order valence-corrected chi connectivity index (χ2v) is 20.1. The number of halogens is 18. The van der Waals surface area contributed by atoms with Crippen molar-refractivity contribution in [3.8, 4) is 0 Å². The molecule has 0 saturated heterocycles. The fraction of sp³-hybridized carbons (Fsp3) is 0.688. The van der Waals surface area contributed by atoms with E-state index in [1.807, 2.05) is 0 Å². The minimum absolute atomic E-state index is 0. The summed E-state index contributed by atoms with van der Waals surface area (Å²) in [5.41, 5.74) is 0. The Bertz CT molecular complexity index is 1650. The van der Waals surface area contributed by atoms with Crippen LogP contribution in [-0.4, -0.2) is 26.7 Å². The monoisotopic (exact) mass is 1100 g/mol. The number of aryl methyl sites for hydroxylation is 3. The molecule has 0 aliphatic heterocycles. The van der Waals surface area contributed by atoms with Crippen LogP contribution < -0.4 is 19.0 Å². The van der Waals surface area contributed by atoms with Crippen LogP contribution in [-0.2, 0) is 51.4 Å². The smallest absolute Gasteiger partial charge is 0 e. The SMILES string of the molecule is CCCC[n+]1ccn(C(CC)CCC(CC(CC)n2cc[n+](CCCC)c2)C[n+]2ccn(CCCNC=O)c2)c1.F[P-](F)(F)(F)(F)F.F[P-](F)(F)(F)(F)F.F[P-](F)(F)(F)(F)F.[Pd]. The van der Waals surface area contributed by atoms with Crippen LogP contribution in [0.4, 0.5) is 75.5 Å². The molecule has 3 aromatic rings. The van der Waals surface area contributed by atoms with E-state index in [2.05, 4.69) is 117 Å². The van der Waals surface area contributed by atoms with Gasteiger partial charge in [-0.15, -0.1) is 0 Å². The van der Waals surface area contributed by atoms with Gasteiger partial charge in [-0.1, -0.05) is 40.5 Å². The second-order valence-electron chi connectivity index (χ2n) is 14.4.